The molecule has 0 saturated carbocycles. The van der Waals surface area contributed by atoms with Crippen LogP contribution in [-0.4, -0.2) is 15.0 Å². The third-order valence-electron chi connectivity index (χ3n) is 11.4. The minimum atomic E-state index is -0.142. The Bertz CT molecular complexity index is 2830. The minimum absolute atomic E-state index is 0.142. The van der Waals surface area contributed by atoms with E-state index in [9.17, 15) is 0 Å². The Morgan fingerprint density at radius 1 is 0.426 bits per heavy atom. The molecule has 0 radical (unpaired) electrons. The summed E-state index contributed by atoms with van der Waals surface area (Å²) in [5.74, 6) is 1.92. The number of benzene rings is 7. The van der Waals surface area contributed by atoms with Gasteiger partial charge >= 0.3 is 0 Å². The van der Waals surface area contributed by atoms with E-state index in [-0.39, 0.29) is 5.41 Å². The van der Waals surface area contributed by atoms with Gasteiger partial charge in [-0.15, -0.1) is 0 Å². The van der Waals surface area contributed by atoms with Gasteiger partial charge in [-0.1, -0.05) is 159 Å². The SMILES string of the molecule is CCC1(CC)c2ccccc2-c2cccc(-c3nc(-c4ccc(-c5ccccc5)cc4)nc(-c4ccc5c(c4)oc4cccc(-c6ccccc6)c45)n3)c21. The van der Waals surface area contributed by atoms with Gasteiger partial charge < -0.3 is 4.42 Å². The Labute approximate surface area is 314 Å². The molecule has 0 N–H and O–H groups in total. The number of aromatic nitrogens is 3. The van der Waals surface area contributed by atoms with E-state index in [0.29, 0.717) is 17.5 Å². The maximum absolute atomic E-state index is 6.54. The molecule has 10 rings (SSSR count). The number of hydrogen-bond donors (Lipinski definition) is 0. The summed E-state index contributed by atoms with van der Waals surface area (Å²) in [6.45, 7) is 4.60. The van der Waals surface area contributed by atoms with Crippen LogP contribution in [0.25, 0.3) is 89.5 Å². The predicted octanol–water partition coefficient (Wildman–Crippen LogP) is 13.2. The van der Waals surface area contributed by atoms with Crippen molar-refractivity contribution >= 4 is 21.9 Å². The van der Waals surface area contributed by atoms with Crippen molar-refractivity contribution in [2.24, 2.45) is 0 Å². The van der Waals surface area contributed by atoms with Gasteiger partial charge in [0.15, 0.2) is 17.5 Å². The molecule has 9 aromatic rings. The molecule has 0 bridgehead atoms. The van der Waals surface area contributed by atoms with E-state index in [1.165, 1.54) is 27.8 Å². The summed E-state index contributed by atoms with van der Waals surface area (Å²) in [5, 5.41) is 2.17. The molecular formula is C50H37N3O. The van der Waals surface area contributed by atoms with Crippen LogP contribution < -0.4 is 0 Å². The molecule has 2 heterocycles. The maximum atomic E-state index is 6.54. The van der Waals surface area contributed by atoms with Crippen molar-refractivity contribution in [1.82, 2.24) is 15.0 Å². The predicted molar refractivity (Wildman–Crippen MR) is 221 cm³/mol. The third-order valence-corrected chi connectivity index (χ3v) is 11.4. The summed E-state index contributed by atoms with van der Waals surface area (Å²) >= 11 is 0. The molecular weight excluding hydrogens is 659 g/mol. The van der Waals surface area contributed by atoms with Crippen molar-refractivity contribution in [3.05, 3.63) is 175 Å². The summed E-state index contributed by atoms with van der Waals surface area (Å²) < 4.78 is 6.54. The van der Waals surface area contributed by atoms with Gasteiger partial charge in [-0.2, -0.15) is 0 Å². The smallest absolute Gasteiger partial charge is 0.164 e. The molecule has 0 saturated heterocycles. The number of rotatable bonds is 7. The highest BCUT2D eigenvalue weighted by molar-refractivity contribution is 6.13. The molecule has 1 aliphatic carbocycles. The highest BCUT2D eigenvalue weighted by Gasteiger charge is 2.42. The van der Waals surface area contributed by atoms with Crippen LogP contribution in [0.1, 0.15) is 37.8 Å². The average molecular weight is 696 g/mol. The standard InChI is InChI=1S/C50H37N3O/c1-3-50(4-2)42-23-12-11-19-38(42)39-21-13-22-41(46(39)50)49-52-47(35-27-25-33(26-28-35)32-15-7-5-8-16-32)51-48(53-49)36-29-30-40-44(31-36)54-43-24-14-20-37(45(40)43)34-17-9-6-10-18-34/h5-31H,3-4H2,1-2H3. The zero-order valence-electron chi connectivity index (χ0n) is 30.3. The lowest BCUT2D eigenvalue weighted by molar-refractivity contribution is 0.491. The fourth-order valence-corrected chi connectivity index (χ4v) is 8.75. The van der Waals surface area contributed by atoms with Gasteiger partial charge in [0, 0.05) is 32.9 Å². The lowest BCUT2D eigenvalue weighted by atomic mass is 9.72. The second kappa shape index (κ2) is 12.8. The van der Waals surface area contributed by atoms with E-state index in [1.807, 2.05) is 18.2 Å². The van der Waals surface area contributed by atoms with Crippen LogP contribution in [0, 0.1) is 0 Å². The Balaban J connectivity index is 1.17. The van der Waals surface area contributed by atoms with Crippen LogP contribution >= 0.6 is 0 Å². The molecule has 0 atom stereocenters. The van der Waals surface area contributed by atoms with E-state index in [4.69, 9.17) is 19.4 Å². The molecule has 0 amide bonds. The number of fused-ring (bicyclic) bond motifs is 6. The van der Waals surface area contributed by atoms with Gasteiger partial charge in [0.05, 0.1) is 0 Å². The Kier molecular flexibility index (Phi) is 7.58. The second-order valence-electron chi connectivity index (χ2n) is 14.2. The fourth-order valence-electron chi connectivity index (χ4n) is 8.75. The number of nitrogens with zero attached hydrogens (tertiary/aromatic N) is 3. The summed E-state index contributed by atoms with van der Waals surface area (Å²) in [5.41, 5.74) is 14.3. The van der Waals surface area contributed by atoms with Crippen LogP contribution in [0.5, 0.6) is 0 Å². The van der Waals surface area contributed by atoms with E-state index in [2.05, 4.69) is 159 Å². The van der Waals surface area contributed by atoms with E-state index < -0.39 is 0 Å². The van der Waals surface area contributed by atoms with Gasteiger partial charge in [0.25, 0.3) is 0 Å². The Hall–Kier alpha value is -6.65. The van der Waals surface area contributed by atoms with E-state index >= 15 is 0 Å². The Morgan fingerprint density at radius 2 is 0.981 bits per heavy atom. The average Bonchev–Trinajstić information content (AvgIpc) is 3.77. The molecule has 2 aromatic heterocycles. The molecule has 1 aliphatic rings. The van der Waals surface area contributed by atoms with Gasteiger partial charge in [-0.05, 0) is 75.5 Å². The highest BCUT2D eigenvalue weighted by atomic mass is 16.3. The minimum Gasteiger partial charge on any atom is -0.456 e. The highest BCUT2D eigenvalue weighted by Crippen LogP contribution is 2.55. The topological polar surface area (TPSA) is 51.8 Å². The third kappa shape index (κ3) is 5.02. The zero-order valence-corrected chi connectivity index (χ0v) is 30.3. The Morgan fingerprint density at radius 3 is 1.74 bits per heavy atom. The fraction of sp³-hybridized carbons (Fsp3) is 0.100. The molecule has 0 aliphatic heterocycles. The largest absolute Gasteiger partial charge is 0.456 e. The van der Waals surface area contributed by atoms with Crippen LogP contribution in [-0.2, 0) is 5.41 Å². The second-order valence-corrected chi connectivity index (χ2v) is 14.2. The van der Waals surface area contributed by atoms with Gasteiger partial charge in [-0.25, -0.2) is 15.0 Å². The zero-order chi connectivity index (χ0) is 36.2. The lowest BCUT2D eigenvalue weighted by Crippen LogP contribution is -2.24. The molecule has 258 valence electrons. The quantitative estimate of drug-likeness (QED) is 0.167. The van der Waals surface area contributed by atoms with Crippen LogP contribution in [0.15, 0.2) is 168 Å². The van der Waals surface area contributed by atoms with E-state index in [0.717, 1.165) is 68.2 Å². The van der Waals surface area contributed by atoms with Crippen molar-refractivity contribution in [3.8, 4) is 67.5 Å². The summed E-state index contributed by atoms with van der Waals surface area (Å²) in [7, 11) is 0. The monoisotopic (exact) mass is 695 g/mol. The first-order chi connectivity index (χ1) is 26.6. The van der Waals surface area contributed by atoms with Gasteiger partial charge in [-0.3, -0.25) is 0 Å². The molecule has 54 heavy (non-hydrogen) atoms. The normalized spacial score (nSPS) is 12.9. The summed E-state index contributed by atoms with van der Waals surface area (Å²) in [6, 6.07) is 57.6. The molecule has 0 unspecified atom stereocenters. The number of furan rings is 1. The van der Waals surface area contributed by atoms with E-state index in [1.54, 1.807) is 0 Å². The first-order valence-electron chi connectivity index (χ1n) is 18.8. The molecule has 4 nitrogen and oxygen atoms in total. The van der Waals surface area contributed by atoms with Crippen LogP contribution in [0.2, 0.25) is 0 Å². The van der Waals surface area contributed by atoms with Crippen molar-refractivity contribution < 1.29 is 4.42 Å². The molecule has 0 spiro atoms. The molecule has 7 aromatic carbocycles. The number of hydrogen-bond acceptors (Lipinski definition) is 4. The summed E-state index contributed by atoms with van der Waals surface area (Å²) in [4.78, 5) is 15.7. The molecule has 0 fully saturated rings. The maximum Gasteiger partial charge on any atom is 0.164 e. The van der Waals surface area contributed by atoms with Crippen LogP contribution in [0.4, 0.5) is 0 Å². The van der Waals surface area contributed by atoms with Crippen molar-refractivity contribution in [2.45, 2.75) is 32.1 Å². The lowest BCUT2D eigenvalue weighted by Gasteiger charge is -2.31. The first-order valence-corrected chi connectivity index (χ1v) is 18.8. The van der Waals surface area contributed by atoms with Gasteiger partial charge in [0.2, 0.25) is 0 Å². The first kappa shape index (κ1) is 32.0. The van der Waals surface area contributed by atoms with Crippen LogP contribution in [0.3, 0.4) is 0 Å². The summed E-state index contributed by atoms with van der Waals surface area (Å²) in [6.07, 6.45) is 1.95. The van der Waals surface area contributed by atoms with Crippen molar-refractivity contribution in [2.75, 3.05) is 0 Å². The molecule has 4 heteroatoms. The van der Waals surface area contributed by atoms with Crippen molar-refractivity contribution in [1.29, 1.82) is 0 Å². The van der Waals surface area contributed by atoms with Gasteiger partial charge in [0.1, 0.15) is 11.2 Å². The van der Waals surface area contributed by atoms with Crippen molar-refractivity contribution in [3.63, 3.8) is 0 Å².